The lowest BCUT2D eigenvalue weighted by atomic mass is 9.72. The van der Waals surface area contributed by atoms with E-state index in [-0.39, 0.29) is 11.0 Å². The third kappa shape index (κ3) is 6.68. The Morgan fingerprint density at radius 2 is 1.74 bits per heavy atom. The normalized spacial score (nSPS) is 17.9. The van der Waals surface area contributed by atoms with Gasteiger partial charge in [-0.1, -0.05) is 61.4 Å². The standard InChI is InChI=1S/C27H32O4/c1-18(12-14-24-19(2)8-7-15-27(24,4)5)11-13-23(20(3)16-25(28)29)21-9-6-10-22(17-21)26(30)31/h6,9-14,16-17H,7-8,15H2,1-5H3,(H,28,29)(H,30,31)/b14-12+,18-11+,20-16+,23-13-. The zero-order valence-corrected chi connectivity index (χ0v) is 19.0. The largest absolute Gasteiger partial charge is 0.478 e. The number of carboxylic acid groups (broad SMARTS) is 2. The first-order valence-electron chi connectivity index (χ1n) is 10.5. The highest BCUT2D eigenvalue weighted by Crippen LogP contribution is 2.40. The molecule has 1 aromatic carbocycles. The Labute approximate surface area is 185 Å². The summed E-state index contributed by atoms with van der Waals surface area (Å²) < 4.78 is 0. The summed E-state index contributed by atoms with van der Waals surface area (Å²) in [5.74, 6) is -2.06. The summed E-state index contributed by atoms with van der Waals surface area (Å²) in [5.41, 5.74) is 6.05. The summed E-state index contributed by atoms with van der Waals surface area (Å²) >= 11 is 0. The van der Waals surface area contributed by atoms with Crippen LogP contribution in [-0.4, -0.2) is 22.2 Å². The van der Waals surface area contributed by atoms with Gasteiger partial charge in [0.25, 0.3) is 0 Å². The summed E-state index contributed by atoms with van der Waals surface area (Å²) in [6.07, 6.45) is 12.7. The molecule has 0 saturated carbocycles. The summed E-state index contributed by atoms with van der Waals surface area (Å²) in [5, 5.41) is 18.5. The van der Waals surface area contributed by atoms with Gasteiger partial charge in [0.1, 0.15) is 0 Å². The number of carboxylic acids is 2. The van der Waals surface area contributed by atoms with Crippen molar-refractivity contribution < 1.29 is 19.8 Å². The summed E-state index contributed by atoms with van der Waals surface area (Å²) in [6.45, 7) is 10.5. The second-order valence-electron chi connectivity index (χ2n) is 8.81. The molecule has 31 heavy (non-hydrogen) atoms. The van der Waals surface area contributed by atoms with Crippen molar-refractivity contribution in [3.05, 3.63) is 88.1 Å². The van der Waals surface area contributed by atoms with Crippen LogP contribution in [0.5, 0.6) is 0 Å². The van der Waals surface area contributed by atoms with Crippen LogP contribution < -0.4 is 0 Å². The molecule has 0 bridgehead atoms. The van der Waals surface area contributed by atoms with Gasteiger partial charge in [0.2, 0.25) is 0 Å². The van der Waals surface area contributed by atoms with Crippen molar-refractivity contribution in [3.63, 3.8) is 0 Å². The lowest BCUT2D eigenvalue weighted by Crippen LogP contribution is -2.19. The summed E-state index contributed by atoms with van der Waals surface area (Å²) in [6, 6.07) is 6.53. The number of aromatic carboxylic acids is 1. The fourth-order valence-electron chi connectivity index (χ4n) is 4.03. The predicted octanol–water partition coefficient (Wildman–Crippen LogP) is 6.83. The number of hydrogen-bond donors (Lipinski definition) is 2. The van der Waals surface area contributed by atoms with Crippen molar-refractivity contribution in [2.45, 2.75) is 53.9 Å². The van der Waals surface area contributed by atoms with Gasteiger partial charge >= 0.3 is 11.9 Å². The minimum absolute atomic E-state index is 0.161. The van der Waals surface area contributed by atoms with Crippen LogP contribution in [0.4, 0.5) is 0 Å². The molecule has 0 saturated heterocycles. The Bertz CT molecular complexity index is 1010. The van der Waals surface area contributed by atoms with Crippen molar-refractivity contribution in [3.8, 4) is 0 Å². The maximum absolute atomic E-state index is 11.4. The van der Waals surface area contributed by atoms with E-state index >= 15 is 0 Å². The molecule has 4 nitrogen and oxygen atoms in total. The highest BCUT2D eigenvalue weighted by molar-refractivity contribution is 5.92. The first-order valence-corrected chi connectivity index (χ1v) is 10.5. The number of benzene rings is 1. The number of carbonyl (C=O) groups is 2. The fraction of sp³-hybridized carbons (Fsp3) is 0.333. The average Bonchev–Trinajstić information content (AvgIpc) is 2.67. The van der Waals surface area contributed by atoms with Gasteiger partial charge < -0.3 is 10.2 Å². The molecule has 164 valence electrons. The maximum atomic E-state index is 11.4. The molecule has 0 heterocycles. The van der Waals surface area contributed by atoms with Gasteiger partial charge in [-0.15, -0.1) is 0 Å². The summed E-state index contributed by atoms with van der Waals surface area (Å²) in [7, 11) is 0. The lowest BCUT2D eigenvalue weighted by molar-refractivity contribution is -0.131. The molecule has 0 radical (unpaired) electrons. The van der Waals surface area contributed by atoms with Gasteiger partial charge in [0, 0.05) is 6.08 Å². The molecule has 1 aliphatic rings. The predicted molar refractivity (Wildman–Crippen MR) is 126 cm³/mol. The van der Waals surface area contributed by atoms with Crippen LogP contribution in [0.3, 0.4) is 0 Å². The Morgan fingerprint density at radius 3 is 2.35 bits per heavy atom. The SMILES string of the molecule is CC1=C(/C=C/C(C)=C/C=C(/C(C)=C/C(=O)O)c2cccc(C(=O)O)c2)C(C)(C)CCC1. The molecule has 4 heteroatoms. The molecule has 1 aromatic rings. The third-order valence-corrected chi connectivity index (χ3v) is 5.75. The van der Waals surface area contributed by atoms with E-state index < -0.39 is 11.9 Å². The van der Waals surface area contributed by atoms with Crippen molar-refractivity contribution in [2.75, 3.05) is 0 Å². The van der Waals surface area contributed by atoms with Crippen LogP contribution in [0.2, 0.25) is 0 Å². The quantitative estimate of drug-likeness (QED) is 0.374. The molecule has 0 aromatic heterocycles. The minimum Gasteiger partial charge on any atom is -0.478 e. The van der Waals surface area contributed by atoms with E-state index in [1.54, 1.807) is 25.1 Å². The Morgan fingerprint density at radius 1 is 1.06 bits per heavy atom. The molecule has 0 spiro atoms. The molecule has 1 aliphatic carbocycles. The first kappa shape index (κ1) is 24.1. The van der Waals surface area contributed by atoms with Crippen LogP contribution in [0, 0.1) is 5.41 Å². The van der Waals surface area contributed by atoms with Crippen LogP contribution >= 0.6 is 0 Å². The van der Waals surface area contributed by atoms with Gasteiger partial charge in [-0.3, -0.25) is 0 Å². The first-order chi connectivity index (χ1) is 14.5. The molecule has 0 atom stereocenters. The van der Waals surface area contributed by atoms with E-state index in [1.807, 2.05) is 19.1 Å². The van der Waals surface area contributed by atoms with E-state index in [0.717, 1.165) is 18.1 Å². The number of aliphatic carboxylic acids is 1. The molecule has 0 unspecified atom stereocenters. The van der Waals surface area contributed by atoms with E-state index in [9.17, 15) is 19.8 Å². The zero-order valence-electron chi connectivity index (χ0n) is 19.0. The number of hydrogen-bond acceptors (Lipinski definition) is 2. The zero-order chi connectivity index (χ0) is 23.2. The van der Waals surface area contributed by atoms with Crippen molar-refractivity contribution in [1.29, 1.82) is 0 Å². The number of allylic oxidation sites excluding steroid dienone is 9. The Kier molecular flexibility index (Phi) is 7.98. The summed E-state index contributed by atoms with van der Waals surface area (Å²) in [4.78, 5) is 22.5. The molecular weight excluding hydrogens is 388 g/mol. The Hall–Kier alpha value is -3.14. The third-order valence-electron chi connectivity index (χ3n) is 5.75. The van der Waals surface area contributed by atoms with Gasteiger partial charge in [-0.25, -0.2) is 9.59 Å². The number of rotatable bonds is 7. The van der Waals surface area contributed by atoms with Crippen molar-refractivity contribution in [2.24, 2.45) is 5.41 Å². The van der Waals surface area contributed by atoms with E-state index in [4.69, 9.17) is 0 Å². The van der Waals surface area contributed by atoms with Crippen LogP contribution in [0.25, 0.3) is 5.57 Å². The minimum atomic E-state index is -1.04. The van der Waals surface area contributed by atoms with Gasteiger partial charge in [-0.05, 0) is 79.9 Å². The van der Waals surface area contributed by atoms with Crippen LogP contribution in [0.15, 0.2) is 76.9 Å². The Balaban J connectivity index is 2.43. The maximum Gasteiger partial charge on any atom is 0.335 e. The molecule has 0 amide bonds. The van der Waals surface area contributed by atoms with Gasteiger partial charge in [0.05, 0.1) is 5.56 Å². The highest BCUT2D eigenvalue weighted by Gasteiger charge is 2.26. The monoisotopic (exact) mass is 420 g/mol. The fourth-order valence-corrected chi connectivity index (χ4v) is 4.03. The van der Waals surface area contributed by atoms with Gasteiger partial charge in [-0.2, -0.15) is 0 Å². The van der Waals surface area contributed by atoms with Gasteiger partial charge in [0.15, 0.2) is 0 Å². The van der Waals surface area contributed by atoms with E-state index in [2.05, 4.69) is 32.9 Å². The topological polar surface area (TPSA) is 74.6 Å². The second-order valence-corrected chi connectivity index (χ2v) is 8.81. The van der Waals surface area contributed by atoms with Crippen LogP contribution in [0.1, 0.15) is 69.8 Å². The van der Waals surface area contributed by atoms with E-state index in [1.165, 1.54) is 30.1 Å². The smallest absolute Gasteiger partial charge is 0.335 e. The molecule has 0 aliphatic heterocycles. The van der Waals surface area contributed by atoms with E-state index in [0.29, 0.717) is 16.7 Å². The lowest BCUT2D eigenvalue weighted by Gasteiger charge is -2.32. The molecular formula is C27H32O4. The second kappa shape index (κ2) is 10.3. The molecule has 2 N–H and O–H groups in total. The van der Waals surface area contributed by atoms with Crippen LogP contribution in [-0.2, 0) is 4.79 Å². The molecule has 2 rings (SSSR count). The van der Waals surface area contributed by atoms with Crippen molar-refractivity contribution in [1.82, 2.24) is 0 Å². The molecule has 0 fully saturated rings. The average molecular weight is 421 g/mol. The highest BCUT2D eigenvalue weighted by atomic mass is 16.4. The van der Waals surface area contributed by atoms with Crippen molar-refractivity contribution >= 4 is 17.5 Å².